The number of carbonyl (C=O) groups excluding carboxylic acids is 1. The van der Waals surface area contributed by atoms with Crippen LogP contribution in [-0.4, -0.2) is 31.3 Å². The zero-order chi connectivity index (χ0) is 12.6. The van der Waals surface area contributed by atoms with Crippen LogP contribution in [0.4, 0.5) is 0 Å². The Labute approximate surface area is 125 Å². The number of esters is 1. The number of carbonyl (C=O) groups is 1. The van der Waals surface area contributed by atoms with Crippen molar-refractivity contribution in [2.75, 3.05) is 12.4 Å². The summed E-state index contributed by atoms with van der Waals surface area (Å²) >= 11 is 0. The van der Waals surface area contributed by atoms with Gasteiger partial charge in [-0.1, -0.05) is 19.4 Å². The van der Waals surface area contributed by atoms with Crippen molar-refractivity contribution in [3.63, 3.8) is 0 Å². The number of hydrogen-bond donors (Lipinski definition) is 0. The quantitative estimate of drug-likeness (QED) is 0.171. The summed E-state index contributed by atoms with van der Waals surface area (Å²) in [7, 11) is -4.09. The molecule has 0 aromatic carbocycles. The van der Waals surface area contributed by atoms with Crippen LogP contribution in [0.2, 0.25) is 0 Å². The fourth-order valence-electron chi connectivity index (χ4n) is 1.02. The Morgan fingerprint density at radius 3 is 2.24 bits per heavy atom. The van der Waals surface area contributed by atoms with E-state index >= 15 is 0 Å². The van der Waals surface area contributed by atoms with Crippen molar-refractivity contribution < 1.29 is 52.1 Å². The summed E-state index contributed by atoms with van der Waals surface area (Å²) in [4.78, 5) is 10.9. The second kappa shape index (κ2) is 10.1. The van der Waals surface area contributed by atoms with E-state index in [4.69, 9.17) is 4.74 Å². The van der Waals surface area contributed by atoms with Gasteiger partial charge in [0.15, 0.2) is 0 Å². The Morgan fingerprint density at radius 2 is 1.76 bits per heavy atom. The molecule has 0 atom stereocenters. The van der Waals surface area contributed by atoms with Crippen LogP contribution in [0.25, 0.3) is 0 Å². The second-order valence-corrected chi connectivity index (χ2v) is 5.12. The fraction of sp³-hybridized carbons (Fsp3) is 0.700. The molecule has 0 aromatic rings. The second-order valence-electron chi connectivity index (χ2n) is 3.59. The molecule has 0 bridgehead atoms. The van der Waals surface area contributed by atoms with E-state index in [1.165, 1.54) is 0 Å². The molecule has 0 N–H and O–H groups in total. The molecule has 0 rings (SSSR count). The average molecular weight is 272 g/mol. The Bertz CT molecular complexity index is 337. The number of ether oxygens (including phenoxy) is 1. The Balaban J connectivity index is 0. The number of rotatable bonds is 8. The molecule has 0 aromatic heterocycles. The fourth-order valence-corrected chi connectivity index (χ4v) is 1.58. The van der Waals surface area contributed by atoms with Crippen molar-refractivity contribution in [2.24, 2.45) is 0 Å². The van der Waals surface area contributed by atoms with Crippen molar-refractivity contribution >= 4 is 16.1 Å². The van der Waals surface area contributed by atoms with Crippen LogP contribution >= 0.6 is 0 Å². The smallest absolute Gasteiger partial charge is 0.748 e. The Morgan fingerprint density at radius 1 is 1.24 bits per heavy atom. The molecule has 7 heteroatoms. The molecule has 0 aliphatic rings. The van der Waals surface area contributed by atoms with Gasteiger partial charge in [-0.2, -0.15) is 0 Å². The number of hydrogen-bond acceptors (Lipinski definition) is 5. The minimum absolute atomic E-state index is 0. The summed E-state index contributed by atoms with van der Waals surface area (Å²) in [6, 6.07) is 0. The summed E-state index contributed by atoms with van der Waals surface area (Å²) in [6.07, 6.45) is 2.41. The summed E-state index contributed by atoms with van der Waals surface area (Å²) < 4.78 is 35.6. The molecule has 0 heterocycles. The SMILES string of the molecule is C=C(C)C(=O)OCCCCCCS(=O)(=O)[O-].[Na+]. The summed E-state index contributed by atoms with van der Waals surface area (Å²) in [5, 5.41) is 0. The molecule has 0 radical (unpaired) electrons. The van der Waals surface area contributed by atoms with Gasteiger partial charge in [-0.3, -0.25) is 0 Å². The standard InChI is InChI=1S/C10H18O5S.Na/c1-9(2)10(11)15-7-5-3-4-6-8-16(12,13)14;/h1,3-8H2,2H3,(H,12,13,14);/q;+1/p-1. The minimum atomic E-state index is -4.09. The van der Waals surface area contributed by atoms with Gasteiger partial charge in [0, 0.05) is 11.3 Å². The third-order valence-electron chi connectivity index (χ3n) is 1.87. The maximum Gasteiger partial charge on any atom is 1.00 e. The molecule has 17 heavy (non-hydrogen) atoms. The van der Waals surface area contributed by atoms with E-state index in [9.17, 15) is 17.8 Å². The first-order valence-electron chi connectivity index (χ1n) is 5.09. The van der Waals surface area contributed by atoms with Gasteiger partial charge in [0.2, 0.25) is 0 Å². The summed E-state index contributed by atoms with van der Waals surface area (Å²) in [6.45, 7) is 5.31. The molecule has 0 amide bonds. The monoisotopic (exact) mass is 272 g/mol. The van der Waals surface area contributed by atoms with Gasteiger partial charge in [-0.05, 0) is 19.8 Å². The van der Waals surface area contributed by atoms with Gasteiger partial charge < -0.3 is 9.29 Å². The number of unbranched alkanes of at least 4 members (excludes halogenated alkanes) is 3. The van der Waals surface area contributed by atoms with E-state index in [0.717, 1.165) is 6.42 Å². The third-order valence-corrected chi connectivity index (χ3v) is 2.66. The van der Waals surface area contributed by atoms with Gasteiger partial charge in [0.25, 0.3) is 0 Å². The molecule has 0 fully saturated rings. The summed E-state index contributed by atoms with van der Waals surface area (Å²) in [5.41, 5.74) is 0.359. The molecular weight excluding hydrogens is 255 g/mol. The predicted octanol–water partition coefficient (Wildman–Crippen LogP) is -1.78. The van der Waals surface area contributed by atoms with Gasteiger partial charge in [-0.25, -0.2) is 13.2 Å². The maximum absolute atomic E-state index is 10.9. The normalized spacial score (nSPS) is 10.5. The largest absolute Gasteiger partial charge is 1.00 e. The van der Waals surface area contributed by atoms with E-state index in [-0.39, 0.29) is 35.3 Å². The van der Waals surface area contributed by atoms with Crippen LogP contribution in [0.1, 0.15) is 32.6 Å². The van der Waals surface area contributed by atoms with E-state index in [1.807, 2.05) is 0 Å². The van der Waals surface area contributed by atoms with Crippen molar-refractivity contribution in [3.8, 4) is 0 Å². The Kier molecular flexibility index (Phi) is 11.5. The van der Waals surface area contributed by atoms with Crippen LogP contribution < -0.4 is 29.6 Å². The molecule has 0 aliphatic carbocycles. The van der Waals surface area contributed by atoms with Crippen LogP contribution in [-0.2, 0) is 19.6 Å². The summed E-state index contributed by atoms with van der Waals surface area (Å²) in [5.74, 6) is -0.736. The van der Waals surface area contributed by atoms with E-state index in [2.05, 4.69) is 6.58 Å². The van der Waals surface area contributed by atoms with Crippen LogP contribution in [0.15, 0.2) is 12.2 Å². The maximum atomic E-state index is 10.9. The van der Waals surface area contributed by atoms with Gasteiger partial charge in [0.05, 0.1) is 16.7 Å². The first-order valence-corrected chi connectivity index (χ1v) is 6.67. The van der Waals surface area contributed by atoms with E-state index in [0.29, 0.717) is 31.4 Å². The van der Waals surface area contributed by atoms with Gasteiger partial charge in [-0.15, -0.1) is 0 Å². The zero-order valence-corrected chi connectivity index (χ0v) is 13.2. The van der Waals surface area contributed by atoms with Crippen LogP contribution in [0, 0.1) is 0 Å². The average Bonchev–Trinajstić information content (AvgIpc) is 2.14. The van der Waals surface area contributed by atoms with E-state index < -0.39 is 16.1 Å². The molecule has 0 aliphatic heterocycles. The van der Waals surface area contributed by atoms with Gasteiger partial charge >= 0.3 is 35.5 Å². The van der Waals surface area contributed by atoms with Crippen molar-refractivity contribution in [1.29, 1.82) is 0 Å². The van der Waals surface area contributed by atoms with Crippen LogP contribution in [0.5, 0.6) is 0 Å². The van der Waals surface area contributed by atoms with Crippen LogP contribution in [0.3, 0.4) is 0 Å². The van der Waals surface area contributed by atoms with E-state index in [1.54, 1.807) is 6.92 Å². The molecule has 0 saturated carbocycles. The first-order chi connectivity index (χ1) is 7.33. The van der Waals surface area contributed by atoms with Crippen molar-refractivity contribution in [2.45, 2.75) is 32.6 Å². The topological polar surface area (TPSA) is 83.5 Å². The van der Waals surface area contributed by atoms with Crippen molar-refractivity contribution in [3.05, 3.63) is 12.2 Å². The molecule has 5 nitrogen and oxygen atoms in total. The molecular formula is C10H17NaO5S. The molecule has 0 saturated heterocycles. The van der Waals surface area contributed by atoms with Crippen molar-refractivity contribution in [1.82, 2.24) is 0 Å². The molecule has 0 unspecified atom stereocenters. The minimum Gasteiger partial charge on any atom is -0.748 e. The zero-order valence-electron chi connectivity index (χ0n) is 10.4. The first kappa shape index (κ1) is 19.5. The molecule has 0 spiro atoms. The predicted molar refractivity (Wildman–Crippen MR) is 58.8 cm³/mol. The third kappa shape index (κ3) is 14.1. The van der Waals surface area contributed by atoms with Gasteiger partial charge in [0.1, 0.15) is 0 Å². The molecule has 94 valence electrons. The Hall–Kier alpha value is 0.120.